The summed E-state index contributed by atoms with van der Waals surface area (Å²) in [5, 5.41) is 23.2. The van der Waals surface area contributed by atoms with Crippen LogP contribution in [-0.2, 0) is 14.3 Å². The van der Waals surface area contributed by atoms with E-state index in [4.69, 9.17) is 4.74 Å². The van der Waals surface area contributed by atoms with E-state index >= 15 is 0 Å². The predicted molar refractivity (Wildman–Crippen MR) is 278 cm³/mol. The van der Waals surface area contributed by atoms with Crippen LogP contribution < -0.4 is 5.32 Å². The van der Waals surface area contributed by atoms with E-state index in [9.17, 15) is 19.8 Å². The Hall–Kier alpha value is -1.92. The summed E-state index contributed by atoms with van der Waals surface area (Å²) >= 11 is 0. The maximum atomic E-state index is 12.4. The molecule has 1 amide bonds. The normalized spacial score (nSPS) is 12.9. The summed E-state index contributed by atoms with van der Waals surface area (Å²) in [6.45, 7) is 4.91. The molecular weight excluding hydrogens is 791 g/mol. The molecule has 0 saturated carbocycles. The number of aliphatic hydroxyl groups is 2. The molecule has 0 fully saturated rings. The van der Waals surface area contributed by atoms with Crippen molar-refractivity contribution in [3.05, 3.63) is 36.5 Å². The average molecular weight is 901 g/mol. The number of ether oxygens (including phenoxy) is 1. The zero-order valence-corrected chi connectivity index (χ0v) is 42.8. The molecule has 0 aliphatic carbocycles. The molecule has 0 radical (unpaired) electrons. The highest BCUT2D eigenvalue weighted by atomic mass is 16.5. The minimum Gasteiger partial charge on any atom is -0.466 e. The number of esters is 1. The smallest absolute Gasteiger partial charge is 0.305 e. The molecule has 0 aromatic carbocycles. The lowest BCUT2D eigenvalue weighted by atomic mass is 10.0. The first kappa shape index (κ1) is 62.1. The van der Waals surface area contributed by atoms with E-state index in [0.717, 1.165) is 57.8 Å². The van der Waals surface area contributed by atoms with Gasteiger partial charge in [-0.1, -0.05) is 237 Å². The van der Waals surface area contributed by atoms with Crippen LogP contribution in [0.1, 0.15) is 296 Å². The Morgan fingerprint density at radius 2 is 0.781 bits per heavy atom. The van der Waals surface area contributed by atoms with Gasteiger partial charge in [0.1, 0.15) is 0 Å². The van der Waals surface area contributed by atoms with E-state index in [2.05, 4.69) is 55.6 Å². The fourth-order valence-corrected chi connectivity index (χ4v) is 8.55. The SMILES string of the molecule is CCCCCC/C=C\CCCCCCCC(=O)OCCCCCCCCCCC/C=C\C/C=C\CCCCCCCCCC(=O)NC(CO)C(O)CCCCCCCCCCCCC. The number of hydrogen-bond donors (Lipinski definition) is 3. The largest absolute Gasteiger partial charge is 0.466 e. The van der Waals surface area contributed by atoms with E-state index in [-0.39, 0.29) is 18.5 Å². The molecule has 2 atom stereocenters. The standard InChI is InChI=1S/C58H109NO5/c1-3-5-7-9-11-13-15-27-32-36-40-44-48-52-58(63)64-53-49-45-41-37-33-29-26-24-22-20-18-16-17-19-21-23-25-28-31-35-39-43-47-51-57(62)59-55(54-60)56(61)50-46-42-38-34-30-14-12-10-8-6-4-2/h13,15-16,18-19,21,55-56,60-61H,3-12,14,17,20,22-54H2,1-2H3,(H,59,62)/b15-13-,18-16-,21-19-. The summed E-state index contributed by atoms with van der Waals surface area (Å²) in [6, 6.07) is -0.548. The molecule has 0 rings (SSSR count). The number of hydrogen-bond acceptors (Lipinski definition) is 5. The van der Waals surface area contributed by atoms with E-state index in [1.54, 1.807) is 0 Å². The second kappa shape index (κ2) is 53.7. The molecule has 0 bridgehead atoms. The van der Waals surface area contributed by atoms with Crippen LogP contribution in [0.2, 0.25) is 0 Å². The molecule has 6 nitrogen and oxygen atoms in total. The van der Waals surface area contributed by atoms with Crippen molar-refractivity contribution in [1.82, 2.24) is 5.32 Å². The lowest BCUT2D eigenvalue weighted by Crippen LogP contribution is -2.45. The second-order valence-electron chi connectivity index (χ2n) is 19.3. The van der Waals surface area contributed by atoms with Gasteiger partial charge in [-0.25, -0.2) is 0 Å². The molecule has 0 aliphatic heterocycles. The van der Waals surface area contributed by atoms with Gasteiger partial charge in [-0.2, -0.15) is 0 Å². The maximum Gasteiger partial charge on any atom is 0.305 e. The molecule has 0 spiro atoms. The summed E-state index contributed by atoms with van der Waals surface area (Å²) in [5.74, 6) is -0.0494. The van der Waals surface area contributed by atoms with Gasteiger partial charge in [-0.3, -0.25) is 9.59 Å². The van der Waals surface area contributed by atoms with Gasteiger partial charge in [0, 0.05) is 12.8 Å². The number of unbranched alkanes of at least 4 members (excludes halogenated alkanes) is 35. The number of allylic oxidation sites excluding steroid dienone is 6. The van der Waals surface area contributed by atoms with Crippen LogP contribution >= 0.6 is 0 Å². The molecular formula is C58H109NO5. The van der Waals surface area contributed by atoms with Crippen molar-refractivity contribution >= 4 is 11.9 Å². The molecule has 0 aliphatic rings. The van der Waals surface area contributed by atoms with Crippen LogP contribution in [-0.4, -0.2) is 47.4 Å². The van der Waals surface area contributed by atoms with Gasteiger partial charge in [0.25, 0.3) is 0 Å². The molecule has 376 valence electrons. The highest BCUT2D eigenvalue weighted by molar-refractivity contribution is 5.76. The van der Waals surface area contributed by atoms with Gasteiger partial charge in [-0.15, -0.1) is 0 Å². The summed E-state index contributed by atoms with van der Waals surface area (Å²) in [7, 11) is 0. The second-order valence-corrected chi connectivity index (χ2v) is 19.3. The highest BCUT2D eigenvalue weighted by Crippen LogP contribution is 2.16. The molecule has 64 heavy (non-hydrogen) atoms. The van der Waals surface area contributed by atoms with Crippen molar-refractivity contribution < 1.29 is 24.5 Å². The van der Waals surface area contributed by atoms with E-state index in [1.807, 2.05) is 0 Å². The lowest BCUT2D eigenvalue weighted by molar-refractivity contribution is -0.143. The first-order chi connectivity index (χ1) is 31.5. The van der Waals surface area contributed by atoms with Crippen molar-refractivity contribution in [1.29, 1.82) is 0 Å². The van der Waals surface area contributed by atoms with Crippen molar-refractivity contribution in [2.75, 3.05) is 13.2 Å². The Morgan fingerprint density at radius 3 is 1.22 bits per heavy atom. The van der Waals surface area contributed by atoms with Gasteiger partial charge in [-0.05, 0) is 83.5 Å². The number of aliphatic hydroxyl groups excluding tert-OH is 2. The molecule has 0 aromatic heterocycles. The Balaban J connectivity index is 3.44. The van der Waals surface area contributed by atoms with Crippen molar-refractivity contribution in [3.63, 3.8) is 0 Å². The molecule has 0 aromatic rings. The summed E-state index contributed by atoms with van der Waals surface area (Å²) in [4.78, 5) is 24.4. The van der Waals surface area contributed by atoms with Crippen molar-refractivity contribution in [2.24, 2.45) is 0 Å². The fraction of sp³-hybridized carbons (Fsp3) is 0.862. The van der Waals surface area contributed by atoms with Gasteiger partial charge in [0.05, 0.1) is 25.4 Å². The maximum absolute atomic E-state index is 12.4. The third-order valence-corrected chi connectivity index (χ3v) is 12.9. The number of carbonyl (C=O) groups excluding carboxylic acids is 2. The monoisotopic (exact) mass is 900 g/mol. The van der Waals surface area contributed by atoms with Crippen LogP contribution in [0.3, 0.4) is 0 Å². The van der Waals surface area contributed by atoms with Gasteiger partial charge < -0.3 is 20.3 Å². The lowest BCUT2D eigenvalue weighted by Gasteiger charge is -2.22. The number of rotatable bonds is 52. The third-order valence-electron chi connectivity index (χ3n) is 12.9. The van der Waals surface area contributed by atoms with Crippen LogP contribution in [0.5, 0.6) is 0 Å². The minimum absolute atomic E-state index is 0.00264. The Kier molecular flexibility index (Phi) is 52.1. The Bertz CT molecular complexity index is 1040. The number of carbonyl (C=O) groups is 2. The first-order valence-electron chi connectivity index (χ1n) is 28.2. The van der Waals surface area contributed by atoms with Gasteiger partial charge >= 0.3 is 5.97 Å². The topological polar surface area (TPSA) is 95.9 Å². The quantitative estimate of drug-likeness (QED) is 0.0321. The van der Waals surface area contributed by atoms with Crippen LogP contribution in [0.25, 0.3) is 0 Å². The van der Waals surface area contributed by atoms with E-state index in [1.165, 1.54) is 205 Å². The predicted octanol–water partition coefficient (Wildman–Crippen LogP) is 17.2. The minimum atomic E-state index is -0.669. The first-order valence-corrected chi connectivity index (χ1v) is 28.2. The molecule has 0 saturated heterocycles. The zero-order valence-electron chi connectivity index (χ0n) is 42.8. The van der Waals surface area contributed by atoms with E-state index < -0.39 is 12.1 Å². The van der Waals surface area contributed by atoms with Crippen molar-refractivity contribution in [2.45, 2.75) is 309 Å². The van der Waals surface area contributed by atoms with E-state index in [0.29, 0.717) is 25.9 Å². The fourth-order valence-electron chi connectivity index (χ4n) is 8.55. The highest BCUT2D eigenvalue weighted by Gasteiger charge is 2.20. The summed E-state index contributed by atoms with van der Waals surface area (Å²) in [6.07, 6.45) is 65.6. The molecule has 3 N–H and O–H groups in total. The average Bonchev–Trinajstić information content (AvgIpc) is 3.29. The van der Waals surface area contributed by atoms with Crippen LogP contribution in [0.15, 0.2) is 36.5 Å². The number of amides is 1. The summed E-state index contributed by atoms with van der Waals surface area (Å²) in [5.41, 5.74) is 0. The van der Waals surface area contributed by atoms with Crippen LogP contribution in [0.4, 0.5) is 0 Å². The van der Waals surface area contributed by atoms with Crippen molar-refractivity contribution in [3.8, 4) is 0 Å². The Labute approximate surface area is 398 Å². The summed E-state index contributed by atoms with van der Waals surface area (Å²) < 4.78 is 5.46. The van der Waals surface area contributed by atoms with Gasteiger partial charge in [0.2, 0.25) is 5.91 Å². The van der Waals surface area contributed by atoms with Crippen LogP contribution in [0, 0.1) is 0 Å². The third kappa shape index (κ3) is 49.5. The number of nitrogens with one attached hydrogen (secondary N) is 1. The molecule has 2 unspecified atom stereocenters. The molecule has 0 heterocycles. The Morgan fingerprint density at radius 1 is 0.438 bits per heavy atom. The zero-order chi connectivity index (χ0) is 46.5. The molecule has 6 heteroatoms. The van der Waals surface area contributed by atoms with Gasteiger partial charge in [0.15, 0.2) is 0 Å².